The maximum Gasteiger partial charge on any atom is 0.409 e. The molecule has 0 radical (unpaired) electrons. The van der Waals surface area contributed by atoms with E-state index in [-0.39, 0.29) is 12.1 Å². The number of amides is 1. The molecule has 150 valence electrons. The minimum absolute atomic E-state index is 0.263. The van der Waals surface area contributed by atoms with Crippen molar-refractivity contribution in [2.24, 2.45) is 4.99 Å². The molecule has 0 saturated carbocycles. The van der Waals surface area contributed by atoms with Crippen LogP contribution in [0.3, 0.4) is 0 Å². The molecule has 1 aliphatic rings. The van der Waals surface area contributed by atoms with Crippen molar-refractivity contribution >= 4 is 22.9 Å². The van der Waals surface area contributed by atoms with Crippen LogP contribution in [0, 0.1) is 0 Å². The van der Waals surface area contributed by atoms with Gasteiger partial charge < -0.3 is 20.3 Å². The highest BCUT2D eigenvalue weighted by Crippen LogP contribution is 2.11. The summed E-state index contributed by atoms with van der Waals surface area (Å²) in [5, 5.41) is 6.65. The van der Waals surface area contributed by atoms with Gasteiger partial charge in [0, 0.05) is 48.0 Å². The SMILES string of the molecule is CCNC(=NCCS(=O)Cc1ccccc1)NC1CCN(C(=O)OC)CC1. The molecule has 0 aromatic heterocycles. The lowest BCUT2D eigenvalue weighted by Crippen LogP contribution is -2.49. The fourth-order valence-electron chi connectivity index (χ4n) is 2.94. The second-order valence-corrected chi connectivity index (χ2v) is 7.99. The van der Waals surface area contributed by atoms with Crippen molar-refractivity contribution in [2.75, 3.05) is 39.0 Å². The number of benzene rings is 1. The molecule has 7 nitrogen and oxygen atoms in total. The van der Waals surface area contributed by atoms with Gasteiger partial charge in [-0.05, 0) is 25.3 Å². The highest BCUT2D eigenvalue weighted by molar-refractivity contribution is 7.84. The van der Waals surface area contributed by atoms with E-state index in [2.05, 4.69) is 15.6 Å². The Kier molecular flexibility index (Phi) is 9.10. The van der Waals surface area contributed by atoms with Crippen molar-refractivity contribution in [3.63, 3.8) is 0 Å². The van der Waals surface area contributed by atoms with Crippen molar-refractivity contribution in [3.8, 4) is 0 Å². The number of carbonyl (C=O) groups excluding carboxylic acids is 1. The Morgan fingerprint density at radius 2 is 2.00 bits per heavy atom. The first kappa shape index (κ1) is 21.2. The van der Waals surface area contributed by atoms with Gasteiger partial charge in [-0.3, -0.25) is 9.20 Å². The molecule has 0 bridgehead atoms. The second-order valence-electron chi connectivity index (χ2n) is 6.41. The van der Waals surface area contributed by atoms with Gasteiger partial charge in [-0.15, -0.1) is 0 Å². The zero-order valence-corrected chi connectivity index (χ0v) is 17.0. The summed E-state index contributed by atoms with van der Waals surface area (Å²) < 4.78 is 17.0. The summed E-state index contributed by atoms with van der Waals surface area (Å²) in [4.78, 5) is 17.8. The molecule has 1 aliphatic heterocycles. The van der Waals surface area contributed by atoms with Gasteiger partial charge in [0.1, 0.15) is 0 Å². The third-order valence-corrected chi connectivity index (χ3v) is 5.67. The van der Waals surface area contributed by atoms with Crippen molar-refractivity contribution in [1.29, 1.82) is 0 Å². The summed E-state index contributed by atoms with van der Waals surface area (Å²) in [6, 6.07) is 10.1. The second kappa shape index (κ2) is 11.6. The Morgan fingerprint density at radius 1 is 1.30 bits per heavy atom. The quantitative estimate of drug-likeness (QED) is 0.544. The van der Waals surface area contributed by atoms with E-state index < -0.39 is 10.8 Å². The van der Waals surface area contributed by atoms with Crippen LogP contribution in [0.4, 0.5) is 4.79 Å². The lowest BCUT2D eigenvalue weighted by molar-refractivity contribution is 0.111. The molecule has 27 heavy (non-hydrogen) atoms. The van der Waals surface area contributed by atoms with E-state index in [4.69, 9.17) is 4.74 Å². The summed E-state index contributed by atoms with van der Waals surface area (Å²) in [7, 11) is 0.477. The van der Waals surface area contributed by atoms with E-state index in [9.17, 15) is 9.00 Å². The molecule has 1 heterocycles. The van der Waals surface area contributed by atoms with Crippen LogP contribution >= 0.6 is 0 Å². The summed E-state index contributed by atoms with van der Waals surface area (Å²) in [5.74, 6) is 1.84. The number of rotatable bonds is 7. The first-order valence-corrected chi connectivity index (χ1v) is 10.9. The van der Waals surface area contributed by atoms with Crippen molar-refractivity contribution in [2.45, 2.75) is 31.6 Å². The van der Waals surface area contributed by atoms with Crippen LogP contribution in [-0.4, -0.2) is 66.2 Å². The Balaban J connectivity index is 1.77. The molecule has 1 fully saturated rings. The van der Waals surface area contributed by atoms with Crippen LogP contribution in [-0.2, 0) is 21.3 Å². The predicted octanol–water partition coefficient (Wildman–Crippen LogP) is 1.72. The van der Waals surface area contributed by atoms with Gasteiger partial charge in [-0.1, -0.05) is 30.3 Å². The number of hydrogen-bond acceptors (Lipinski definition) is 4. The fourth-order valence-corrected chi connectivity index (χ4v) is 3.94. The van der Waals surface area contributed by atoms with Gasteiger partial charge in [0.2, 0.25) is 0 Å². The Morgan fingerprint density at radius 3 is 2.63 bits per heavy atom. The van der Waals surface area contributed by atoms with Crippen molar-refractivity contribution < 1.29 is 13.7 Å². The zero-order chi connectivity index (χ0) is 19.5. The van der Waals surface area contributed by atoms with E-state index in [1.807, 2.05) is 37.3 Å². The third-order valence-electron chi connectivity index (χ3n) is 4.37. The largest absolute Gasteiger partial charge is 0.453 e. The Labute approximate surface area is 164 Å². The van der Waals surface area contributed by atoms with Crippen LogP contribution in [0.25, 0.3) is 0 Å². The first-order valence-electron chi connectivity index (χ1n) is 9.39. The van der Waals surface area contributed by atoms with E-state index in [1.54, 1.807) is 4.90 Å². The standard InChI is InChI=1S/C19H30N4O3S/c1-3-20-18(22-17-9-12-23(13-10-17)19(24)26-2)21-11-14-27(25)15-16-7-5-4-6-8-16/h4-8,17H,3,9-15H2,1-2H3,(H2,20,21,22). The number of carbonyl (C=O) groups is 1. The van der Waals surface area contributed by atoms with E-state index in [0.29, 0.717) is 31.1 Å². The maximum atomic E-state index is 12.2. The van der Waals surface area contributed by atoms with E-state index in [0.717, 1.165) is 30.9 Å². The van der Waals surface area contributed by atoms with Gasteiger partial charge in [0.05, 0.1) is 13.7 Å². The van der Waals surface area contributed by atoms with Crippen LogP contribution in [0.5, 0.6) is 0 Å². The number of nitrogens with one attached hydrogen (secondary N) is 2. The van der Waals surface area contributed by atoms with Crippen LogP contribution < -0.4 is 10.6 Å². The molecule has 1 aromatic rings. The maximum absolute atomic E-state index is 12.2. The molecule has 1 saturated heterocycles. The molecule has 0 spiro atoms. The van der Waals surface area contributed by atoms with Crippen molar-refractivity contribution in [1.82, 2.24) is 15.5 Å². The highest BCUT2D eigenvalue weighted by atomic mass is 32.2. The number of methoxy groups -OCH3 is 1. The number of aliphatic imine (C=N–C) groups is 1. The van der Waals surface area contributed by atoms with Crippen molar-refractivity contribution in [3.05, 3.63) is 35.9 Å². The fraction of sp³-hybridized carbons (Fsp3) is 0.579. The minimum Gasteiger partial charge on any atom is -0.453 e. The van der Waals surface area contributed by atoms with Crippen LogP contribution in [0.1, 0.15) is 25.3 Å². The number of likely N-dealkylation sites (tertiary alicyclic amines) is 1. The minimum atomic E-state index is -0.930. The van der Waals surface area contributed by atoms with Crippen LogP contribution in [0.2, 0.25) is 0 Å². The number of ether oxygens (including phenoxy) is 1. The highest BCUT2D eigenvalue weighted by Gasteiger charge is 2.23. The molecule has 1 aromatic carbocycles. The monoisotopic (exact) mass is 394 g/mol. The molecule has 2 rings (SSSR count). The number of piperidine rings is 1. The summed E-state index contributed by atoms with van der Waals surface area (Å²) >= 11 is 0. The first-order chi connectivity index (χ1) is 13.1. The Bertz CT molecular complexity index is 631. The number of nitrogens with zero attached hydrogens (tertiary/aromatic N) is 2. The molecule has 1 unspecified atom stereocenters. The summed E-state index contributed by atoms with van der Waals surface area (Å²) in [5.41, 5.74) is 1.09. The topological polar surface area (TPSA) is 83.0 Å². The average molecular weight is 395 g/mol. The van der Waals surface area contributed by atoms with E-state index in [1.165, 1.54) is 7.11 Å². The summed E-state index contributed by atoms with van der Waals surface area (Å²) in [6.45, 7) is 4.63. The van der Waals surface area contributed by atoms with Crippen LogP contribution in [0.15, 0.2) is 35.3 Å². The van der Waals surface area contributed by atoms with Gasteiger partial charge in [0.25, 0.3) is 0 Å². The van der Waals surface area contributed by atoms with E-state index >= 15 is 0 Å². The Hall–Kier alpha value is -2.09. The summed E-state index contributed by atoms with van der Waals surface area (Å²) in [6.07, 6.45) is 1.42. The van der Waals surface area contributed by atoms with Gasteiger partial charge >= 0.3 is 6.09 Å². The zero-order valence-electron chi connectivity index (χ0n) is 16.1. The molecule has 8 heteroatoms. The molecule has 1 atom stereocenters. The lowest BCUT2D eigenvalue weighted by atomic mass is 10.1. The van der Waals surface area contributed by atoms with Gasteiger partial charge in [0.15, 0.2) is 5.96 Å². The number of hydrogen-bond donors (Lipinski definition) is 2. The number of guanidine groups is 1. The molecular formula is C19H30N4O3S. The third kappa shape index (κ3) is 7.58. The lowest BCUT2D eigenvalue weighted by Gasteiger charge is -2.32. The molecular weight excluding hydrogens is 364 g/mol. The molecule has 0 aliphatic carbocycles. The normalized spacial score (nSPS) is 16.7. The smallest absolute Gasteiger partial charge is 0.409 e. The predicted molar refractivity (Wildman–Crippen MR) is 109 cm³/mol. The van der Waals surface area contributed by atoms with Gasteiger partial charge in [-0.25, -0.2) is 4.79 Å². The average Bonchev–Trinajstić information content (AvgIpc) is 2.69. The van der Waals surface area contributed by atoms with Gasteiger partial charge in [-0.2, -0.15) is 0 Å². The molecule has 2 N–H and O–H groups in total. The molecule has 1 amide bonds.